The van der Waals surface area contributed by atoms with Gasteiger partial charge in [-0.3, -0.25) is 29.9 Å². The molecule has 2 unspecified atom stereocenters. The zero-order chi connectivity index (χ0) is 26.2. The number of nitrogens with one attached hydrogen (secondary N) is 2. The molecule has 0 aromatic heterocycles. The van der Waals surface area contributed by atoms with Crippen LogP contribution in [0.1, 0.15) is 65.4 Å². The number of benzene rings is 1. The maximum atomic E-state index is 14.7. The first-order valence-corrected chi connectivity index (χ1v) is 12.5. The van der Waals surface area contributed by atoms with Crippen molar-refractivity contribution in [1.29, 1.82) is 0 Å². The Kier molecular flexibility index (Phi) is 10.2. The number of nitrogens with two attached hydrogens (primary N) is 1. The quantitative estimate of drug-likeness (QED) is 0.118. The van der Waals surface area contributed by atoms with Crippen molar-refractivity contribution in [3.05, 3.63) is 42.0 Å². The average molecular weight is 487 g/mol. The van der Waals surface area contributed by atoms with E-state index in [2.05, 4.69) is 5.43 Å². The van der Waals surface area contributed by atoms with Crippen LogP contribution >= 0.6 is 0 Å². The normalized spacial score (nSPS) is 23.3. The first-order chi connectivity index (χ1) is 16.6. The fraction of sp³-hybridized carbons (Fsp3) is 0.593. The standard InChI is InChI=1S/C27H42N4O4/c1-6-15-26(16-19(2)3,25(34)29-28)24(33)27(17-20(4)18-31(27)5)22(23(32)30-35)14-10-13-21-11-8-7-9-12-21/h7-13,19-20,22,35H,6,14-18,28H2,1-5H3,(H,29,34)(H,30,32)/b13-10+/t20?,22-,26?,27-/m1/s1. The van der Waals surface area contributed by atoms with Crippen molar-refractivity contribution in [2.45, 2.75) is 65.3 Å². The number of carbonyl (C=O) groups excluding carboxylic acids is 3. The van der Waals surface area contributed by atoms with Crippen LogP contribution in [0, 0.1) is 23.2 Å². The molecule has 0 bridgehead atoms. The van der Waals surface area contributed by atoms with Gasteiger partial charge in [0, 0.05) is 6.54 Å². The number of hydrogen-bond acceptors (Lipinski definition) is 6. The molecule has 0 aliphatic carbocycles. The summed E-state index contributed by atoms with van der Waals surface area (Å²) in [4.78, 5) is 43.1. The minimum atomic E-state index is -1.38. The maximum Gasteiger partial charge on any atom is 0.249 e. The highest BCUT2D eigenvalue weighted by atomic mass is 16.5. The summed E-state index contributed by atoms with van der Waals surface area (Å²) in [7, 11) is 1.83. The van der Waals surface area contributed by atoms with E-state index in [-0.39, 0.29) is 24.0 Å². The van der Waals surface area contributed by atoms with Crippen molar-refractivity contribution < 1.29 is 19.6 Å². The second kappa shape index (κ2) is 12.4. The fourth-order valence-electron chi connectivity index (χ4n) is 6.01. The van der Waals surface area contributed by atoms with Crippen LogP contribution in [0.25, 0.3) is 6.08 Å². The number of ketones is 1. The molecule has 1 fully saturated rings. The van der Waals surface area contributed by atoms with Crippen molar-refractivity contribution in [2.24, 2.45) is 29.0 Å². The van der Waals surface area contributed by atoms with E-state index in [0.29, 0.717) is 32.2 Å². The van der Waals surface area contributed by atoms with Crippen molar-refractivity contribution in [3.63, 3.8) is 0 Å². The lowest BCUT2D eigenvalue weighted by molar-refractivity contribution is -0.158. The van der Waals surface area contributed by atoms with Gasteiger partial charge in [0.1, 0.15) is 5.41 Å². The molecule has 1 aromatic carbocycles. The molecule has 2 amide bonds. The number of likely N-dealkylation sites (tertiary alicyclic amines) is 1. The summed E-state index contributed by atoms with van der Waals surface area (Å²) in [5, 5.41) is 9.68. The summed E-state index contributed by atoms with van der Waals surface area (Å²) in [6.07, 6.45) is 5.62. The van der Waals surface area contributed by atoms with E-state index in [4.69, 9.17) is 5.84 Å². The van der Waals surface area contributed by atoms with Crippen LogP contribution in [0.4, 0.5) is 0 Å². The van der Waals surface area contributed by atoms with E-state index in [1.165, 1.54) is 0 Å². The third kappa shape index (κ3) is 6.00. The van der Waals surface area contributed by atoms with Crippen LogP contribution in [-0.4, -0.2) is 46.8 Å². The smallest absolute Gasteiger partial charge is 0.249 e. The Labute approximate surface area is 209 Å². The second-order valence-electron chi connectivity index (χ2n) is 10.4. The van der Waals surface area contributed by atoms with Crippen molar-refractivity contribution in [1.82, 2.24) is 15.8 Å². The first kappa shape index (κ1) is 28.7. The molecule has 0 spiro atoms. The van der Waals surface area contributed by atoms with E-state index in [1.54, 1.807) is 5.48 Å². The third-order valence-corrected chi connectivity index (χ3v) is 7.24. The number of hydrazine groups is 1. The van der Waals surface area contributed by atoms with Gasteiger partial charge >= 0.3 is 0 Å². The number of likely N-dealkylation sites (N-methyl/N-ethyl adjacent to an activating group) is 1. The van der Waals surface area contributed by atoms with Gasteiger partial charge in [0.2, 0.25) is 11.8 Å². The Morgan fingerprint density at radius 1 is 1.29 bits per heavy atom. The van der Waals surface area contributed by atoms with Crippen LogP contribution in [0.5, 0.6) is 0 Å². The molecular formula is C27H42N4O4. The van der Waals surface area contributed by atoms with Crippen molar-refractivity contribution in [3.8, 4) is 0 Å². The number of allylic oxidation sites excluding steroid dienone is 1. The molecule has 2 rings (SSSR count). The fourth-order valence-corrected chi connectivity index (χ4v) is 6.01. The molecule has 1 aliphatic heterocycles. The Morgan fingerprint density at radius 2 is 1.94 bits per heavy atom. The maximum absolute atomic E-state index is 14.7. The van der Waals surface area contributed by atoms with Gasteiger partial charge in [-0.15, -0.1) is 0 Å². The van der Waals surface area contributed by atoms with Crippen LogP contribution in [0.3, 0.4) is 0 Å². The van der Waals surface area contributed by atoms with Gasteiger partial charge in [0.25, 0.3) is 0 Å². The molecule has 5 N–H and O–H groups in total. The molecule has 194 valence electrons. The van der Waals surface area contributed by atoms with Gasteiger partial charge in [-0.1, -0.05) is 76.6 Å². The van der Waals surface area contributed by atoms with Crippen LogP contribution in [-0.2, 0) is 14.4 Å². The number of hydrogen-bond donors (Lipinski definition) is 4. The lowest BCUT2D eigenvalue weighted by Crippen LogP contribution is -2.65. The minimum absolute atomic E-state index is 0.0482. The summed E-state index contributed by atoms with van der Waals surface area (Å²) < 4.78 is 0. The number of Topliss-reactive ketones (excluding diaryl/α,β-unsaturated/α-hetero) is 1. The molecule has 1 aromatic rings. The highest BCUT2D eigenvalue weighted by molar-refractivity contribution is 6.11. The summed E-state index contributed by atoms with van der Waals surface area (Å²) in [5.74, 6) is 3.43. The molecule has 8 heteroatoms. The van der Waals surface area contributed by atoms with Crippen molar-refractivity contribution >= 4 is 23.7 Å². The van der Waals surface area contributed by atoms with Gasteiger partial charge in [0.15, 0.2) is 5.78 Å². The molecular weight excluding hydrogens is 444 g/mol. The monoisotopic (exact) mass is 486 g/mol. The van der Waals surface area contributed by atoms with Crippen LogP contribution < -0.4 is 16.7 Å². The van der Waals surface area contributed by atoms with Gasteiger partial charge in [0.05, 0.1) is 11.5 Å². The predicted octanol–water partition coefficient (Wildman–Crippen LogP) is 3.31. The van der Waals surface area contributed by atoms with Gasteiger partial charge in [-0.25, -0.2) is 11.3 Å². The Bertz CT molecular complexity index is 904. The Hall–Kier alpha value is -2.55. The Balaban J connectivity index is 2.66. The molecule has 1 heterocycles. The SMILES string of the molecule is CCCC(CC(C)C)(C(=O)NN)C(=O)[C@]1([C@H](C/C=C/c2ccccc2)C(=O)NO)CC(C)CN1C. The van der Waals surface area contributed by atoms with Crippen LogP contribution in [0.15, 0.2) is 36.4 Å². The summed E-state index contributed by atoms with van der Waals surface area (Å²) >= 11 is 0. The number of nitrogens with zero attached hydrogens (tertiary/aromatic N) is 1. The lowest BCUT2D eigenvalue weighted by Gasteiger charge is -2.46. The summed E-state index contributed by atoms with van der Waals surface area (Å²) in [5.41, 5.74) is 2.35. The zero-order valence-corrected chi connectivity index (χ0v) is 21.7. The lowest BCUT2D eigenvalue weighted by atomic mass is 9.61. The van der Waals surface area contributed by atoms with Gasteiger partial charge < -0.3 is 0 Å². The van der Waals surface area contributed by atoms with Gasteiger partial charge in [-0.2, -0.15) is 0 Å². The largest absolute Gasteiger partial charge is 0.296 e. The molecule has 0 radical (unpaired) electrons. The summed E-state index contributed by atoms with van der Waals surface area (Å²) in [6, 6.07) is 9.66. The molecule has 1 saturated heterocycles. The number of rotatable bonds is 12. The second-order valence-corrected chi connectivity index (χ2v) is 10.4. The summed E-state index contributed by atoms with van der Waals surface area (Å²) in [6.45, 7) is 8.50. The molecule has 1 aliphatic rings. The third-order valence-electron chi connectivity index (χ3n) is 7.24. The minimum Gasteiger partial charge on any atom is -0.296 e. The van der Waals surface area contributed by atoms with Crippen molar-refractivity contribution in [2.75, 3.05) is 13.6 Å². The average Bonchev–Trinajstić information content (AvgIpc) is 3.14. The first-order valence-electron chi connectivity index (χ1n) is 12.5. The highest BCUT2D eigenvalue weighted by Gasteiger charge is 2.62. The predicted molar refractivity (Wildman–Crippen MR) is 137 cm³/mol. The van der Waals surface area contributed by atoms with E-state index in [9.17, 15) is 19.6 Å². The van der Waals surface area contributed by atoms with E-state index >= 15 is 0 Å². The van der Waals surface area contributed by atoms with E-state index < -0.39 is 28.7 Å². The highest BCUT2D eigenvalue weighted by Crippen LogP contribution is 2.48. The van der Waals surface area contributed by atoms with E-state index in [1.807, 2.05) is 82.1 Å². The topological polar surface area (TPSA) is 125 Å². The molecule has 0 saturated carbocycles. The van der Waals surface area contributed by atoms with Gasteiger partial charge in [-0.05, 0) is 50.1 Å². The van der Waals surface area contributed by atoms with Crippen LogP contribution in [0.2, 0.25) is 0 Å². The number of hydroxylamine groups is 1. The molecule has 4 atom stereocenters. The molecule has 35 heavy (non-hydrogen) atoms. The zero-order valence-electron chi connectivity index (χ0n) is 21.7. The Morgan fingerprint density at radius 3 is 2.43 bits per heavy atom. The number of amides is 2. The molecule has 8 nitrogen and oxygen atoms in total. The van der Waals surface area contributed by atoms with E-state index in [0.717, 1.165) is 5.56 Å². The number of carbonyl (C=O) groups is 3.